The van der Waals surface area contributed by atoms with E-state index >= 15 is 0 Å². The predicted octanol–water partition coefficient (Wildman–Crippen LogP) is 1.88. The molecular formula is C10H15N5O2S3. The SMILES string of the molecule is Cc1nc(N)sc1S(=O)(=O)Nc1nnc(CC(C)C)s1. The average Bonchev–Trinajstić information content (AvgIpc) is 2.84. The Labute approximate surface area is 125 Å². The molecule has 0 aliphatic heterocycles. The molecule has 20 heavy (non-hydrogen) atoms. The van der Waals surface area contributed by atoms with E-state index in [0.29, 0.717) is 11.6 Å². The van der Waals surface area contributed by atoms with Crippen LogP contribution in [-0.4, -0.2) is 23.6 Å². The van der Waals surface area contributed by atoms with E-state index in [1.54, 1.807) is 6.92 Å². The molecule has 0 aromatic carbocycles. The fourth-order valence-corrected chi connectivity index (χ4v) is 5.02. The lowest BCUT2D eigenvalue weighted by Crippen LogP contribution is -2.12. The van der Waals surface area contributed by atoms with E-state index in [1.165, 1.54) is 11.3 Å². The van der Waals surface area contributed by atoms with Crippen molar-refractivity contribution in [3.63, 3.8) is 0 Å². The van der Waals surface area contributed by atoms with E-state index in [1.807, 2.05) is 0 Å². The number of nitrogens with one attached hydrogen (secondary N) is 1. The van der Waals surface area contributed by atoms with Gasteiger partial charge in [0.05, 0.1) is 5.69 Å². The summed E-state index contributed by atoms with van der Waals surface area (Å²) in [5, 5.41) is 9.10. The lowest BCUT2D eigenvalue weighted by molar-refractivity contribution is 0.602. The summed E-state index contributed by atoms with van der Waals surface area (Å²) < 4.78 is 26.9. The van der Waals surface area contributed by atoms with Gasteiger partial charge in [-0.3, -0.25) is 4.72 Å². The zero-order valence-electron chi connectivity index (χ0n) is 11.2. The summed E-state index contributed by atoms with van der Waals surface area (Å²) in [4.78, 5) is 3.91. The molecule has 10 heteroatoms. The van der Waals surface area contributed by atoms with Crippen LogP contribution >= 0.6 is 22.7 Å². The molecule has 2 aromatic rings. The quantitative estimate of drug-likeness (QED) is 0.864. The van der Waals surface area contributed by atoms with Crippen molar-refractivity contribution < 1.29 is 8.42 Å². The second kappa shape index (κ2) is 5.62. The van der Waals surface area contributed by atoms with Gasteiger partial charge >= 0.3 is 0 Å². The first-order chi connectivity index (χ1) is 9.28. The molecule has 0 saturated carbocycles. The Hall–Kier alpha value is -1.26. The van der Waals surface area contributed by atoms with E-state index in [-0.39, 0.29) is 14.5 Å². The highest BCUT2D eigenvalue weighted by Gasteiger charge is 2.23. The van der Waals surface area contributed by atoms with Gasteiger partial charge in [-0.05, 0) is 12.8 Å². The monoisotopic (exact) mass is 333 g/mol. The maximum absolute atomic E-state index is 12.2. The van der Waals surface area contributed by atoms with Crippen molar-refractivity contribution in [2.75, 3.05) is 10.5 Å². The molecule has 0 unspecified atom stereocenters. The minimum atomic E-state index is -3.70. The van der Waals surface area contributed by atoms with Crippen LogP contribution in [0.3, 0.4) is 0 Å². The molecule has 0 bridgehead atoms. The summed E-state index contributed by atoms with van der Waals surface area (Å²) in [7, 11) is -3.70. The van der Waals surface area contributed by atoms with E-state index in [2.05, 4.69) is 33.8 Å². The van der Waals surface area contributed by atoms with Gasteiger partial charge in [-0.15, -0.1) is 10.2 Å². The Morgan fingerprint density at radius 1 is 1.30 bits per heavy atom. The Morgan fingerprint density at radius 3 is 2.55 bits per heavy atom. The van der Waals surface area contributed by atoms with Gasteiger partial charge in [0.15, 0.2) is 9.34 Å². The van der Waals surface area contributed by atoms with Crippen molar-refractivity contribution in [2.45, 2.75) is 31.4 Å². The van der Waals surface area contributed by atoms with Crippen LogP contribution in [0.25, 0.3) is 0 Å². The van der Waals surface area contributed by atoms with Crippen molar-refractivity contribution in [1.29, 1.82) is 0 Å². The van der Waals surface area contributed by atoms with Crippen molar-refractivity contribution in [1.82, 2.24) is 15.2 Å². The zero-order chi connectivity index (χ0) is 14.9. The maximum Gasteiger partial charge on any atom is 0.275 e. The molecule has 0 aliphatic carbocycles. The second-order valence-corrected chi connectivity index (χ2v) is 8.60. The number of nitrogen functional groups attached to an aromatic ring is 1. The van der Waals surface area contributed by atoms with Crippen LogP contribution in [0.1, 0.15) is 24.5 Å². The van der Waals surface area contributed by atoms with Crippen LogP contribution < -0.4 is 10.5 Å². The number of aryl methyl sites for hydroxylation is 1. The molecule has 7 nitrogen and oxygen atoms in total. The standard InChI is InChI=1S/C10H15N5O2S3/c1-5(2)4-7-13-14-10(18-7)15-20(16,17)8-6(3)12-9(11)19-8/h5H,4H2,1-3H3,(H2,11,12)(H,14,15). The van der Waals surface area contributed by atoms with Gasteiger partial charge < -0.3 is 5.73 Å². The molecular weight excluding hydrogens is 318 g/mol. The molecule has 2 rings (SSSR count). The van der Waals surface area contributed by atoms with Crippen LogP contribution in [0, 0.1) is 12.8 Å². The Morgan fingerprint density at radius 2 is 2.00 bits per heavy atom. The molecule has 0 aliphatic rings. The van der Waals surface area contributed by atoms with Gasteiger partial charge in [0.2, 0.25) is 5.13 Å². The van der Waals surface area contributed by atoms with Crippen LogP contribution in [0.4, 0.5) is 10.3 Å². The Kier molecular flexibility index (Phi) is 4.25. The molecule has 0 saturated heterocycles. The number of nitrogens with zero attached hydrogens (tertiary/aromatic N) is 3. The summed E-state index contributed by atoms with van der Waals surface area (Å²) in [5.41, 5.74) is 5.90. The predicted molar refractivity (Wildman–Crippen MR) is 80.5 cm³/mol. The lowest BCUT2D eigenvalue weighted by atomic mass is 10.1. The summed E-state index contributed by atoms with van der Waals surface area (Å²) in [5.74, 6) is 0.441. The fourth-order valence-electron chi connectivity index (χ4n) is 1.54. The smallest absolute Gasteiger partial charge is 0.275 e. The molecule has 0 spiro atoms. The minimum absolute atomic E-state index is 0.107. The second-order valence-electron chi connectivity index (χ2n) is 4.63. The van der Waals surface area contributed by atoms with Gasteiger partial charge in [-0.2, -0.15) is 0 Å². The van der Waals surface area contributed by atoms with Gasteiger partial charge in [-0.1, -0.05) is 36.5 Å². The van der Waals surface area contributed by atoms with Gasteiger partial charge in [-0.25, -0.2) is 13.4 Å². The topological polar surface area (TPSA) is 111 Å². The average molecular weight is 333 g/mol. The first kappa shape index (κ1) is 15.1. The molecule has 3 N–H and O–H groups in total. The number of hydrogen-bond donors (Lipinski definition) is 2. The van der Waals surface area contributed by atoms with E-state index in [0.717, 1.165) is 22.8 Å². The number of sulfonamides is 1. The lowest BCUT2D eigenvalue weighted by Gasteiger charge is -2.02. The third-order valence-electron chi connectivity index (χ3n) is 2.29. The first-order valence-corrected chi connectivity index (χ1v) is 8.97. The fraction of sp³-hybridized carbons (Fsp3) is 0.500. The van der Waals surface area contributed by atoms with Crippen molar-refractivity contribution in [3.8, 4) is 0 Å². The number of hydrogen-bond acceptors (Lipinski definition) is 8. The number of rotatable bonds is 5. The van der Waals surface area contributed by atoms with Gasteiger partial charge in [0.1, 0.15) is 5.01 Å². The normalized spacial score (nSPS) is 12.0. The minimum Gasteiger partial charge on any atom is -0.375 e. The van der Waals surface area contributed by atoms with E-state index in [4.69, 9.17) is 5.73 Å². The highest BCUT2D eigenvalue weighted by molar-refractivity contribution is 7.95. The Bertz CT molecular complexity index is 704. The summed E-state index contributed by atoms with van der Waals surface area (Å²) in [6.07, 6.45) is 0.770. The molecule has 2 heterocycles. The summed E-state index contributed by atoms with van der Waals surface area (Å²) >= 11 is 2.17. The number of anilines is 2. The molecule has 110 valence electrons. The van der Waals surface area contributed by atoms with Crippen molar-refractivity contribution in [3.05, 3.63) is 10.7 Å². The first-order valence-electron chi connectivity index (χ1n) is 5.86. The van der Waals surface area contributed by atoms with Gasteiger partial charge in [0, 0.05) is 6.42 Å². The molecule has 0 fully saturated rings. The van der Waals surface area contributed by atoms with Crippen molar-refractivity contribution in [2.24, 2.45) is 5.92 Å². The molecule has 0 atom stereocenters. The van der Waals surface area contributed by atoms with Crippen LogP contribution in [0.5, 0.6) is 0 Å². The summed E-state index contributed by atoms with van der Waals surface area (Å²) in [6.45, 7) is 5.73. The highest BCUT2D eigenvalue weighted by Crippen LogP contribution is 2.28. The van der Waals surface area contributed by atoms with Gasteiger partial charge in [0.25, 0.3) is 10.0 Å². The van der Waals surface area contributed by atoms with Crippen LogP contribution in [-0.2, 0) is 16.4 Å². The molecule has 2 aromatic heterocycles. The zero-order valence-corrected chi connectivity index (χ0v) is 13.7. The van der Waals surface area contributed by atoms with Crippen LogP contribution in [0.2, 0.25) is 0 Å². The Balaban J connectivity index is 2.20. The molecule has 0 radical (unpaired) electrons. The van der Waals surface area contributed by atoms with E-state index < -0.39 is 10.0 Å². The number of aromatic nitrogens is 3. The van der Waals surface area contributed by atoms with E-state index in [9.17, 15) is 8.42 Å². The number of nitrogens with two attached hydrogens (primary N) is 1. The third-order valence-corrected chi connectivity index (χ3v) is 6.21. The maximum atomic E-state index is 12.2. The summed E-state index contributed by atoms with van der Waals surface area (Å²) in [6, 6.07) is 0. The van der Waals surface area contributed by atoms with Crippen molar-refractivity contribution >= 4 is 43.0 Å². The molecule has 0 amide bonds. The number of thiazole rings is 1. The third kappa shape index (κ3) is 3.44. The van der Waals surface area contributed by atoms with Crippen LogP contribution in [0.15, 0.2) is 4.21 Å². The largest absolute Gasteiger partial charge is 0.375 e. The highest BCUT2D eigenvalue weighted by atomic mass is 32.2.